The van der Waals surface area contributed by atoms with Crippen LogP contribution in [0.2, 0.25) is 0 Å². The number of sulfone groups is 1. The zero-order valence-electron chi connectivity index (χ0n) is 32.3. The number of rotatable bonds is 15. The van der Waals surface area contributed by atoms with Gasteiger partial charge in [0.15, 0.2) is 21.4 Å². The van der Waals surface area contributed by atoms with Gasteiger partial charge >= 0.3 is 6.03 Å². The zero-order chi connectivity index (χ0) is 37.9. The van der Waals surface area contributed by atoms with E-state index in [1.807, 2.05) is 27.7 Å². The first-order valence-electron chi connectivity index (χ1n) is 18.8. The highest BCUT2D eigenvalue weighted by Crippen LogP contribution is 2.53. The van der Waals surface area contributed by atoms with E-state index in [-0.39, 0.29) is 47.5 Å². The number of amides is 3. The third-order valence-corrected chi connectivity index (χ3v) is 14.5. The minimum atomic E-state index is -3.56. The van der Waals surface area contributed by atoms with Crippen molar-refractivity contribution in [3.8, 4) is 0 Å². The number of likely N-dealkylation sites (tertiary alicyclic amines) is 1. The minimum Gasteiger partial charge on any atom is -0.332 e. The number of hydrogen-bond donors (Lipinski definition) is 2. The minimum absolute atomic E-state index is 0.0636. The first-order chi connectivity index (χ1) is 23.0. The number of allylic oxidation sites excluding steroid dienone is 1. The van der Waals surface area contributed by atoms with Crippen molar-refractivity contribution in [1.82, 2.24) is 15.5 Å². The second-order valence-corrected chi connectivity index (χ2v) is 20.9. The standard InChI is InChI=1S/C39H65N3O7S/c1-11-13-18-29(43)32(45)26(17-12-2)23-30(44)31-27-19-22-38(9,10)28(27)24-42(31)34(46)33(36(3,4)5)40-35(47)41-39(20-15-14-16-21-39)25-50(48,49)37(6,7)8/h11,26-28,31,33H,1,12-25H2,2-10H3,(H2,40,41,47)/t26?,27-,28-,31-,33+/m0/s1. The van der Waals surface area contributed by atoms with Crippen LogP contribution in [-0.4, -0.2) is 77.3 Å². The van der Waals surface area contributed by atoms with Gasteiger partial charge < -0.3 is 15.5 Å². The summed E-state index contributed by atoms with van der Waals surface area (Å²) in [6.07, 6.45) is 8.25. The number of carbonyl (C=O) groups excluding carboxylic acids is 5. The average molecular weight is 720 g/mol. The summed E-state index contributed by atoms with van der Waals surface area (Å²) >= 11 is 0. The van der Waals surface area contributed by atoms with Crippen LogP contribution in [0.3, 0.4) is 0 Å². The van der Waals surface area contributed by atoms with Crippen LogP contribution in [0, 0.1) is 28.6 Å². The molecule has 2 saturated carbocycles. The second-order valence-electron chi connectivity index (χ2n) is 18.1. The first kappa shape index (κ1) is 41.9. The summed E-state index contributed by atoms with van der Waals surface area (Å²) in [5.74, 6) is -2.54. The molecule has 0 spiro atoms. The van der Waals surface area contributed by atoms with E-state index < -0.39 is 61.1 Å². The lowest BCUT2D eigenvalue weighted by molar-refractivity contribution is -0.144. The molecular weight excluding hydrogens is 655 g/mol. The maximum absolute atomic E-state index is 14.7. The van der Waals surface area contributed by atoms with Gasteiger partial charge in [-0.15, -0.1) is 6.58 Å². The largest absolute Gasteiger partial charge is 0.332 e. The van der Waals surface area contributed by atoms with Crippen LogP contribution in [0.4, 0.5) is 4.79 Å². The van der Waals surface area contributed by atoms with Gasteiger partial charge in [-0.05, 0) is 82.0 Å². The molecule has 0 aromatic heterocycles. The van der Waals surface area contributed by atoms with Crippen molar-refractivity contribution >= 4 is 39.1 Å². The molecule has 1 aliphatic heterocycles. The van der Waals surface area contributed by atoms with Gasteiger partial charge in [-0.1, -0.05) is 73.3 Å². The number of Topliss-reactive ketones (excluding diaryl/α,β-unsaturated/α-hetero) is 3. The molecule has 1 heterocycles. The molecule has 284 valence electrons. The van der Waals surface area contributed by atoms with E-state index in [9.17, 15) is 32.4 Å². The maximum Gasteiger partial charge on any atom is 0.315 e. The van der Waals surface area contributed by atoms with E-state index in [0.717, 1.165) is 32.1 Å². The SMILES string of the molecule is C=CCCC(=O)C(=O)C(CCC)CC(=O)[C@@H]1[C@H]2CCC(C)(C)[C@H]2CN1C(=O)[C@@H](NC(=O)NC1(CS(=O)(=O)C(C)(C)C)CCCCC1)C(C)(C)C. The molecule has 3 rings (SSSR count). The molecule has 0 aromatic rings. The van der Waals surface area contributed by atoms with Gasteiger partial charge in [-0.3, -0.25) is 19.2 Å². The summed E-state index contributed by atoms with van der Waals surface area (Å²) in [7, 11) is -3.56. The second kappa shape index (κ2) is 16.0. The predicted octanol–water partition coefficient (Wildman–Crippen LogP) is 6.36. The van der Waals surface area contributed by atoms with Crippen molar-refractivity contribution in [3.05, 3.63) is 12.7 Å². The van der Waals surface area contributed by atoms with Crippen molar-refractivity contribution in [3.63, 3.8) is 0 Å². The normalized spacial score (nSPS) is 24.5. The molecule has 10 nitrogen and oxygen atoms in total. The van der Waals surface area contributed by atoms with Crippen molar-refractivity contribution in [2.75, 3.05) is 12.3 Å². The zero-order valence-corrected chi connectivity index (χ0v) is 33.1. The summed E-state index contributed by atoms with van der Waals surface area (Å²) in [6, 6.07) is -2.37. The van der Waals surface area contributed by atoms with Gasteiger partial charge in [0.05, 0.1) is 22.1 Å². The number of nitrogens with one attached hydrogen (secondary N) is 2. The lowest BCUT2D eigenvalue weighted by atomic mass is 9.78. The van der Waals surface area contributed by atoms with Gasteiger partial charge in [0, 0.05) is 25.3 Å². The van der Waals surface area contributed by atoms with Gasteiger partial charge in [0.2, 0.25) is 11.7 Å². The highest BCUT2D eigenvalue weighted by Gasteiger charge is 2.57. The van der Waals surface area contributed by atoms with E-state index >= 15 is 0 Å². The van der Waals surface area contributed by atoms with Crippen LogP contribution in [-0.2, 0) is 29.0 Å². The number of carbonyl (C=O) groups is 5. The summed E-state index contributed by atoms with van der Waals surface area (Å²) in [5, 5.41) is 5.97. The maximum atomic E-state index is 14.7. The monoisotopic (exact) mass is 719 g/mol. The van der Waals surface area contributed by atoms with Crippen LogP contribution in [0.1, 0.15) is 139 Å². The van der Waals surface area contributed by atoms with E-state index in [4.69, 9.17) is 0 Å². The van der Waals surface area contributed by atoms with Gasteiger partial charge in [-0.25, -0.2) is 13.2 Å². The van der Waals surface area contributed by atoms with Crippen molar-refractivity contribution in [2.45, 2.75) is 162 Å². The number of nitrogens with zero attached hydrogens (tertiary/aromatic N) is 1. The fraction of sp³-hybridized carbons (Fsp3) is 0.821. The van der Waals surface area contributed by atoms with Gasteiger partial charge in [0.25, 0.3) is 0 Å². The Balaban J connectivity index is 1.92. The Morgan fingerprint density at radius 1 is 0.980 bits per heavy atom. The topological polar surface area (TPSA) is 147 Å². The molecule has 0 bridgehead atoms. The summed E-state index contributed by atoms with van der Waals surface area (Å²) < 4.78 is 25.7. The molecule has 0 radical (unpaired) electrons. The van der Waals surface area contributed by atoms with Crippen molar-refractivity contribution < 1.29 is 32.4 Å². The lowest BCUT2D eigenvalue weighted by Gasteiger charge is -2.41. The lowest BCUT2D eigenvalue weighted by Crippen LogP contribution is -2.63. The molecule has 50 heavy (non-hydrogen) atoms. The molecule has 3 amide bonds. The molecule has 3 fully saturated rings. The molecule has 2 aliphatic carbocycles. The number of ketones is 3. The fourth-order valence-electron chi connectivity index (χ4n) is 8.42. The summed E-state index contributed by atoms with van der Waals surface area (Å²) in [4.78, 5) is 70.4. The van der Waals surface area contributed by atoms with E-state index in [1.54, 1.807) is 31.7 Å². The van der Waals surface area contributed by atoms with Gasteiger partial charge in [0.1, 0.15) is 6.04 Å². The Kier molecular flexibility index (Phi) is 13.4. The Morgan fingerprint density at radius 3 is 2.14 bits per heavy atom. The Hall–Kier alpha value is -2.56. The Labute approximate surface area is 301 Å². The van der Waals surface area contributed by atoms with E-state index in [2.05, 4.69) is 31.1 Å². The third kappa shape index (κ3) is 9.65. The highest BCUT2D eigenvalue weighted by molar-refractivity contribution is 7.92. The van der Waals surface area contributed by atoms with E-state index in [1.165, 1.54) is 0 Å². The van der Waals surface area contributed by atoms with Crippen LogP contribution in [0.5, 0.6) is 0 Å². The smallest absolute Gasteiger partial charge is 0.315 e. The fourth-order valence-corrected chi connectivity index (χ4v) is 9.94. The quantitative estimate of drug-likeness (QED) is 0.148. The molecule has 2 N–H and O–H groups in total. The molecule has 1 unspecified atom stereocenters. The predicted molar refractivity (Wildman–Crippen MR) is 197 cm³/mol. The van der Waals surface area contributed by atoms with E-state index in [0.29, 0.717) is 38.6 Å². The Bertz CT molecular complexity index is 1400. The van der Waals surface area contributed by atoms with Crippen LogP contribution >= 0.6 is 0 Å². The summed E-state index contributed by atoms with van der Waals surface area (Å²) in [6.45, 7) is 20.8. The van der Waals surface area contributed by atoms with Crippen LogP contribution in [0.25, 0.3) is 0 Å². The highest BCUT2D eigenvalue weighted by atomic mass is 32.2. The Morgan fingerprint density at radius 2 is 1.60 bits per heavy atom. The van der Waals surface area contributed by atoms with Crippen molar-refractivity contribution in [1.29, 1.82) is 0 Å². The molecule has 0 aromatic carbocycles. The third-order valence-electron chi connectivity index (χ3n) is 11.7. The van der Waals surface area contributed by atoms with Gasteiger partial charge in [-0.2, -0.15) is 0 Å². The molecule has 11 heteroatoms. The number of urea groups is 1. The van der Waals surface area contributed by atoms with Crippen LogP contribution in [0.15, 0.2) is 12.7 Å². The number of fused-ring (bicyclic) bond motifs is 1. The van der Waals surface area contributed by atoms with Crippen molar-refractivity contribution in [2.24, 2.45) is 28.6 Å². The van der Waals surface area contributed by atoms with Crippen LogP contribution < -0.4 is 10.6 Å². The molecule has 1 saturated heterocycles. The number of hydrogen-bond acceptors (Lipinski definition) is 7. The molecule has 5 atom stereocenters. The molecule has 3 aliphatic rings. The summed E-state index contributed by atoms with van der Waals surface area (Å²) in [5.41, 5.74) is -1.80. The molecular formula is C39H65N3O7S. The average Bonchev–Trinajstić information content (AvgIpc) is 3.53. The first-order valence-corrected chi connectivity index (χ1v) is 20.5.